The molecule has 214 valence electrons. The molecule has 0 aromatic heterocycles. The predicted octanol–water partition coefficient (Wildman–Crippen LogP) is 9.56. The van der Waals surface area contributed by atoms with Crippen molar-refractivity contribution < 1.29 is 0 Å². The molecule has 41 heavy (non-hydrogen) atoms. The van der Waals surface area contributed by atoms with E-state index in [9.17, 15) is 0 Å². The summed E-state index contributed by atoms with van der Waals surface area (Å²) in [5.74, 6) is 0. The van der Waals surface area contributed by atoms with Crippen molar-refractivity contribution in [3.8, 4) is 0 Å². The van der Waals surface area contributed by atoms with Crippen LogP contribution in [0.1, 0.15) is 71.8 Å². The van der Waals surface area contributed by atoms with Crippen LogP contribution < -0.4 is 13.2 Å². The Morgan fingerprint density at radius 1 is 0.488 bits per heavy atom. The third-order valence-electron chi connectivity index (χ3n) is 9.18. The fraction of sp³-hybridized carbons (Fsp3) is 0.333. The van der Waals surface area contributed by atoms with Gasteiger partial charge in [-0.2, -0.15) is 0 Å². The molecule has 0 unspecified atom stereocenters. The summed E-state index contributed by atoms with van der Waals surface area (Å²) in [6.45, 7) is 9.80. The van der Waals surface area contributed by atoms with Crippen molar-refractivity contribution >= 4 is 48.4 Å². The molecule has 2 heteroatoms. The normalized spacial score (nSPS) is 12.7. The Morgan fingerprint density at radius 2 is 0.805 bits per heavy atom. The summed E-state index contributed by atoms with van der Waals surface area (Å²) in [5, 5.41) is 0. The Morgan fingerprint density at radius 3 is 1.12 bits per heavy atom. The van der Waals surface area contributed by atoms with Crippen LogP contribution in [0, 0.1) is 0 Å². The van der Waals surface area contributed by atoms with Crippen molar-refractivity contribution in [2.45, 2.75) is 79.5 Å². The molecule has 4 aromatic rings. The Labute approximate surface area is 257 Å². The summed E-state index contributed by atoms with van der Waals surface area (Å²) in [6.07, 6.45) is 7.99. The number of unbranched alkanes of at least 4 members (excludes halogenated alkanes) is 3. The average Bonchev–Trinajstić information content (AvgIpc) is 3.04. The summed E-state index contributed by atoms with van der Waals surface area (Å²) in [7, 11) is 0. The van der Waals surface area contributed by atoms with Gasteiger partial charge in [-0.15, -0.1) is 0 Å². The van der Waals surface area contributed by atoms with Crippen LogP contribution in [0.2, 0.25) is 13.3 Å². The molecule has 0 N–H and O–H groups in total. The molecule has 0 fully saturated rings. The van der Waals surface area contributed by atoms with E-state index in [0.29, 0.717) is 0 Å². The van der Waals surface area contributed by atoms with E-state index in [0.717, 1.165) is 0 Å². The first-order chi connectivity index (χ1) is 20.1. The van der Waals surface area contributed by atoms with Gasteiger partial charge < -0.3 is 0 Å². The van der Waals surface area contributed by atoms with Crippen molar-refractivity contribution in [3.63, 3.8) is 0 Å². The van der Waals surface area contributed by atoms with E-state index in [-0.39, 0.29) is 0 Å². The maximum absolute atomic E-state index is 3.34. The van der Waals surface area contributed by atoms with Gasteiger partial charge in [0.2, 0.25) is 0 Å². The number of rotatable bonds is 15. The third kappa shape index (κ3) is 7.13. The van der Waals surface area contributed by atoms with Crippen molar-refractivity contribution in [2.24, 2.45) is 0 Å². The predicted molar refractivity (Wildman–Crippen MR) is 188 cm³/mol. The molecule has 0 aliphatic carbocycles. The van der Waals surface area contributed by atoms with E-state index in [1.807, 2.05) is 3.59 Å². The summed E-state index contributed by atoms with van der Waals surface area (Å²) in [4.78, 5) is 0. The van der Waals surface area contributed by atoms with Crippen LogP contribution in [-0.4, -0.2) is 31.6 Å². The Kier molecular flexibility index (Phi) is 12.4. The molecule has 0 heterocycles. The van der Waals surface area contributed by atoms with Crippen molar-refractivity contribution in [1.82, 2.24) is 0 Å². The van der Waals surface area contributed by atoms with E-state index in [2.05, 4.69) is 149 Å². The summed E-state index contributed by atoms with van der Waals surface area (Å²) >= 11 is -6.26. The zero-order chi connectivity index (χ0) is 29.0. The first-order valence-corrected chi connectivity index (χ1v) is 27.8. The molecule has 0 atom stereocenters. The van der Waals surface area contributed by atoms with Gasteiger partial charge >= 0.3 is 259 Å². The van der Waals surface area contributed by atoms with E-state index < -0.39 is 31.6 Å². The second-order valence-corrected chi connectivity index (χ2v) is 33.2. The van der Waals surface area contributed by atoms with E-state index >= 15 is 0 Å². The second-order valence-electron chi connectivity index (χ2n) is 11.8. The number of benzene rings is 4. The number of hydrogen-bond donors (Lipinski definition) is 0. The molecule has 4 rings (SSSR count). The average molecular weight is 710 g/mol. The minimum atomic E-state index is -3.34. The number of allylic oxidation sites excluding steroid dienone is 1. The van der Waals surface area contributed by atoms with Crippen LogP contribution in [0.15, 0.2) is 126 Å². The maximum atomic E-state index is 2.60. The van der Waals surface area contributed by atoms with E-state index in [1.54, 1.807) is 17.6 Å². The van der Waals surface area contributed by atoms with Gasteiger partial charge in [0.05, 0.1) is 0 Å². The summed E-state index contributed by atoms with van der Waals surface area (Å²) in [5.41, 5.74) is 1.53. The molecule has 0 saturated carbocycles. The minimum absolute atomic E-state index is 1.29. The molecule has 0 nitrogen and oxygen atoms in total. The molecule has 0 aliphatic heterocycles. The van der Waals surface area contributed by atoms with Crippen molar-refractivity contribution in [3.05, 3.63) is 131 Å². The van der Waals surface area contributed by atoms with Gasteiger partial charge in [-0.1, -0.05) is 0 Å². The van der Waals surface area contributed by atoms with Crippen LogP contribution in [-0.2, 0) is 0 Å². The van der Waals surface area contributed by atoms with E-state index in [1.165, 1.54) is 57.4 Å². The monoisotopic (exact) mass is 712 g/mol. The van der Waals surface area contributed by atoms with Gasteiger partial charge in [-0.05, 0) is 0 Å². The number of hydrogen-bond acceptors (Lipinski definition) is 0. The SMILES string of the molecule is CCC[CH2][Sn]([CH2]CCC)([CH2]CCC)/[C](=[C](/C)[Ge]([c]1ccccc1)([c]1ccccc1)[c]1ccccc1)c1ccccc1. The fourth-order valence-corrected chi connectivity index (χ4v) is 41.6. The fourth-order valence-electron chi connectivity index (χ4n) is 7.22. The molecular formula is C39H50GeSn. The summed E-state index contributed by atoms with van der Waals surface area (Å²) in [6, 6.07) is 46.7. The van der Waals surface area contributed by atoms with Gasteiger partial charge in [-0.25, -0.2) is 0 Å². The standard InChI is InChI=1S/C27H23Ge.3C4H9.Sn/c1-23(22-24-14-6-2-7-15-24)28(25-16-8-3-9-17-25,26-18-10-4-11-19-26)27-20-12-5-13-21-27;3*1-3-4-2;/h2-21H,1H3;3*1,3-4H2,2H3;. The summed E-state index contributed by atoms with van der Waals surface area (Å²) < 4.78 is 12.7. The topological polar surface area (TPSA) is 0 Å². The van der Waals surface area contributed by atoms with Crippen molar-refractivity contribution in [1.29, 1.82) is 0 Å². The van der Waals surface area contributed by atoms with Gasteiger partial charge in [0.15, 0.2) is 0 Å². The van der Waals surface area contributed by atoms with Gasteiger partial charge in [0.1, 0.15) is 0 Å². The van der Waals surface area contributed by atoms with Crippen molar-refractivity contribution in [2.75, 3.05) is 0 Å². The molecule has 0 aliphatic rings. The molecule has 0 radical (unpaired) electrons. The first kappa shape index (κ1) is 31.9. The van der Waals surface area contributed by atoms with Crippen LogP contribution in [0.5, 0.6) is 0 Å². The Balaban J connectivity index is 2.21. The van der Waals surface area contributed by atoms with Crippen LogP contribution in [0.4, 0.5) is 0 Å². The van der Waals surface area contributed by atoms with E-state index in [4.69, 9.17) is 0 Å². The zero-order valence-corrected chi connectivity index (χ0v) is 30.9. The third-order valence-corrected chi connectivity index (χ3v) is 37.3. The van der Waals surface area contributed by atoms with Crippen LogP contribution >= 0.6 is 0 Å². The molecule has 0 amide bonds. The van der Waals surface area contributed by atoms with Gasteiger partial charge in [-0.3, -0.25) is 0 Å². The molecule has 0 bridgehead atoms. The Bertz CT molecular complexity index is 1210. The molecular weight excluding hydrogens is 660 g/mol. The Hall–Kier alpha value is -2.04. The first-order valence-electron chi connectivity index (χ1n) is 16.1. The van der Waals surface area contributed by atoms with Gasteiger partial charge in [0, 0.05) is 0 Å². The van der Waals surface area contributed by atoms with Crippen LogP contribution in [0.25, 0.3) is 3.59 Å². The molecule has 0 spiro atoms. The van der Waals surface area contributed by atoms with Crippen LogP contribution in [0.3, 0.4) is 0 Å². The molecule has 4 aromatic carbocycles. The quantitative estimate of drug-likeness (QED) is 0.108. The molecule has 0 saturated heterocycles. The zero-order valence-electron chi connectivity index (χ0n) is 25.9. The van der Waals surface area contributed by atoms with Gasteiger partial charge in [0.25, 0.3) is 0 Å². The second kappa shape index (κ2) is 16.0.